The van der Waals surface area contributed by atoms with Crippen molar-refractivity contribution >= 4 is 21.6 Å². The summed E-state index contributed by atoms with van der Waals surface area (Å²) in [6.07, 6.45) is 1.98. The van der Waals surface area contributed by atoms with Crippen molar-refractivity contribution in [1.82, 2.24) is 5.32 Å². The van der Waals surface area contributed by atoms with Crippen LogP contribution in [0.15, 0.2) is 42.5 Å². The minimum Gasteiger partial charge on any atom is -0.354 e. The number of halogens is 1. The number of hydrogen-bond donors (Lipinski definition) is 1. The van der Waals surface area contributed by atoms with Crippen LogP contribution in [-0.2, 0) is 21.2 Å². The van der Waals surface area contributed by atoms with Crippen LogP contribution in [0.4, 0.5) is 10.1 Å². The Morgan fingerprint density at radius 1 is 1.11 bits per heavy atom. The molecule has 0 saturated heterocycles. The van der Waals surface area contributed by atoms with Gasteiger partial charge in [-0.05, 0) is 67.6 Å². The molecule has 2 aromatic carbocycles. The SMILES string of the molecule is CC[C@@H](C(=O)NCCc1ccc(F)cc1)N(c1ccc(C)c(C)c1)S(C)(=O)=O. The fourth-order valence-electron chi connectivity index (χ4n) is 3.02. The molecule has 1 amide bonds. The minimum absolute atomic E-state index is 0.309. The predicted octanol–water partition coefficient (Wildman–Crippen LogP) is 3.35. The van der Waals surface area contributed by atoms with Crippen LogP contribution in [0.3, 0.4) is 0 Å². The van der Waals surface area contributed by atoms with Gasteiger partial charge in [-0.15, -0.1) is 0 Å². The summed E-state index contributed by atoms with van der Waals surface area (Å²) >= 11 is 0. The number of hydrogen-bond acceptors (Lipinski definition) is 3. The molecular formula is C21H27FN2O3S. The Morgan fingerprint density at radius 2 is 1.75 bits per heavy atom. The first kappa shape index (κ1) is 21.9. The van der Waals surface area contributed by atoms with E-state index in [0.29, 0.717) is 25.1 Å². The average Bonchev–Trinajstić information content (AvgIpc) is 2.62. The number of nitrogens with one attached hydrogen (secondary N) is 1. The first-order valence-corrected chi connectivity index (χ1v) is 11.1. The van der Waals surface area contributed by atoms with E-state index in [0.717, 1.165) is 22.9 Å². The number of carbonyl (C=O) groups excluding carboxylic acids is 1. The third-order valence-electron chi connectivity index (χ3n) is 4.70. The summed E-state index contributed by atoms with van der Waals surface area (Å²) in [5, 5.41) is 2.81. The Hall–Kier alpha value is -2.41. The maximum Gasteiger partial charge on any atom is 0.243 e. The molecule has 7 heteroatoms. The van der Waals surface area contributed by atoms with Crippen LogP contribution in [0, 0.1) is 19.7 Å². The molecular weight excluding hydrogens is 379 g/mol. The Balaban J connectivity index is 2.16. The summed E-state index contributed by atoms with van der Waals surface area (Å²) < 4.78 is 39.1. The molecule has 0 aliphatic heterocycles. The van der Waals surface area contributed by atoms with E-state index in [-0.39, 0.29) is 11.7 Å². The average molecular weight is 407 g/mol. The molecule has 0 spiro atoms. The number of anilines is 1. The molecule has 0 aliphatic rings. The van der Waals surface area contributed by atoms with Crippen LogP contribution in [0.2, 0.25) is 0 Å². The lowest BCUT2D eigenvalue weighted by atomic mass is 10.1. The van der Waals surface area contributed by atoms with Gasteiger partial charge >= 0.3 is 0 Å². The van der Waals surface area contributed by atoms with E-state index in [1.54, 1.807) is 31.2 Å². The maximum absolute atomic E-state index is 13.0. The van der Waals surface area contributed by atoms with Gasteiger partial charge in [0.25, 0.3) is 0 Å². The standard InChI is InChI=1S/C21H27FN2O3S/c1-5-20(21(25)23-13-12-17-7-9-18(22)10-8-17)24(28(4,26)27)19-11-6-15(2)16(3)14-19/h6-11,14,20H,5,12-13H2,1-4H3,(H,23,25)/t20-/m0/s1. The lowest BCUT2D eigenvalue weighted by molar-refractivity contribution is -0.122. The normalized spacial score (nSPS) is 12.5. The van der Waals surface area contributed by atoms with Gasteiger partial charge < -0.3 is 5.32 Å². The number of nitrogens with zero attached hydrogens (tertiary/aromatic N) is 1. The van der Waals surface area contributed by atoms with E-state index >= 15 is 0 Å². The zero-order valence-electron chi connectivity index (χ0n) is 16.7. The highest BCUT2D eigenvalue weighted by molar-refractivity contribution is 7.92. The van der Waals surface area contributed by atoms with Gasteiger partial charge in [0.05, 0.1) is 11.9 Å². The molecule has 28 heavy (non-hydrogen) atoms. The molecule has 0 fully saturated rings. The highest BCUT2D eigenvalue weighted by Crippen LogP contribution is 2.25. The van der Waals surface area contributed by atoms with Crippen LogP contribution in [0.25, 0.3) is 0 Å². The second-order valence-electron chi connectivity index (χ2n) is 6.92. The highest BCUT2D eigenvalue weighted by Gasteiger charge is 2.31. The molecule has 152 valence electrons. The molecule has 0 unspecified atom stereocenters. The van der Waals surface area contributed by atoms with Gasteiger partial charge in [0.1, 0.15) is 11.9 Å². The zero-order chi connectivity index (χ0) is 20.9. The molecule has 2 rings (SSSR count). The van der Waals surface area contributed by atoms with Crippen molar-refractivity contribution in [2.75, 3.05) is 17.1 Å². The Kier molecular flexibility index (Phi) is 7.18. The van der Waals surface area contributed by atoms with Crippen molar-refractivity contribution in [3.63, 3.8) is 0 Å². The monoisotopic (exact) mass is 406 g/mol. The van der Waals surface area contributed by atoms with Gasteiger partial charge in [-0.3, -0.25) is 9.10 Å². The summed E-state index contributed by atoms with van der Waals surface area (Å²) in [5.41, 5.74) is 3.38. The highest BCUT2D eigenvalue weighted by atomic mass is 32.2. The topological polar surface area (TPSA) is 66.5 Å². The van der Waals surface area contributed by atoms with Gasteiger partial charge in [-0.25, -0.2) is 12.8 Å². The number of rotatable bonds is 8. The van der Waals surface area contributed by atoms with Gasteiger partial charge in [0.2, 0.25) is 15.9 Å². The summed E-state index contributed by atoms with van der Waals surface area (Å²) in [7, 11) is -3.66. The Labute approximate surface area is 166 Å². The second kappa shape index (κ2) is 9.19. The predicted molar refractivity (Wildman–Crippen MR) is 110 cm³/mol. The Morgan fingerprint density at radius 3 is 2.29 bits per heavy atom. The van der Waals surface area contributed by atoms with E-state index in [4.69, 9.17) is 0 Å². The van der Waals surface area contributed by atoms with Crippen molar-refractivity contribution in [3.8, 4) is 0 Å². The molecule has 0 bridgehead atoms. The molecule has 1 N–H and O–H groups in total. The third-order valence-corrected chi connectivity index (χ3v) is 5.88. The van der Waals surface area contributed by atoms with Gasteiger partial charge in [-0.1, -0.05) is 25.1 Å². The summed E-state index contributed by atoms with van der Waals surface area (Å²) in [6, 6.07) is 10.6. The lowest BCUT2D eigenvalue weighted by Gasteiger charge is -2.30. The van der Waals surface area contributed by atoms with Crippen molar-refractivity contribution in [3.05, 3.63) is 65.0 Å². The number of carbonyl (C=O) groups is 1. The smallest absolute Gasteiger partial charge is 0.243 e. The van der Waals surface area contributed by atoms with E-state index in [1.165, 1.54) is 16.4 Å². The van der Waals surface area contributed by atoms with Gasteiger partial charge in [0.15, 0.2) is 0 Å². The largest absolute Gasteiger partial charge is 0.354 e. The van der Waals surface area contributed by atoms with Crippen LogP contribution in [-0.4, -0.2) is 33.2 Å². The number of aryl methyl sites for hydroxylation is 2. The first-order chi connectivity index (χ1) is 13.1. The molecule has 0 heterocycles. The summed E-state index contributed by atoms with van der Waals surface area (Å²) in [6.45, 7) is 5.97. The molecule has 0 radical (unpaired) electrons. The Bertz CT molecular complexity index is 927. The van der Waals surface area contributed by atoms with E-state index in [1.807, 2.05) is 19.9 Å². The molecule has 1 atom stereocenters. The third kappa shape index (κ3) is 5.55. The molecule has 0 saturated carbocycles. The van der Waals surface area contributed by atoms with Crippen molar-refractivity contribution in [1.29, 1.82) is 0 Å². The fraction of sp³-hybridized carbons (Fsp3) is 0.381. The van der Waals surface area contributed by atoms with Crippen molar-refractivity contribution < 1.29 is 17.6 Å². The van der Waals surface area contributed by atoms with Crippen molar-refractivity contribution in [2.24, 2.45) is 0 Å². The van der Waals surface area contributed by atoms with Crippen molar-refractivity contribution in [2.45, 2.75) is 39.7 Å². The van der Waals surface area contributed by atoms with E-state index < -0.39 is 16.1 Å². The van der Waals surface area contributed by atoms with Gasteiger partial charge in [0, 0.05) is 6.54 Å². The second-order valence-corrected chi connectivity index (χ2v) is 8.78. The first-order valence-electron chi connectivity index (χ1n) is 9.22. The molecule has 0 aliphatic carbocycles. The number of amides is 1. The van der Waals surface area contributed by atoms with Crippen LogP contribution in [0.1, 0.15) is 30.0 Å². The van der Waals surface area contributed by atoms with Crippen LogP contribution in [0.5, 0.6) is 0 Å². The number of benzene rings is 2. The van der Waals surface area contributed by atoms with Gasteiger partial charge in [-0.2, -0.15) is 0 Å². The van der Waals surface area contributed by atoms with E-state index in [2.05, 4.69) is 5.32 Å². The zero-order valence-corrected chi connectivity index (χ0v) is 17.5. The van der Waals surface area contributed by atoms with Crippen LogP contribution < -0.4 is 9.62 Å². The molecule has 5 nitrogen and oxygen atoms in total. The number of sulfonamides is 1. The molecule has 2 aromatic rings. The van der Waals surface area contributed by atoms with Crippen LogP contribution >= 0.6 is 0 Å². The summed E-state index contributed by atoms with van der Waals surface area (Å²) in [4.78, 5) is 12.8. The molecule has 0 aromatic heterocycles. The quantitative estimate of drug-likeness (QED) is 0.731. The maximum atomic E-state index is 13.0. The minimum atomic E-state index is -3.66. The lowest BCUT2D eigenvalue weighted by Crippen LogP contribution is -2.49. The summed E-state index contributed by atoms with van der Waals surface area (Å²) in [5.74, 6) is -0.663. The van der Waals surface area contributed by atoms with E-state index in [9.17, 15) is 17.6 Å². The fourth-order valence-corrected chi connectivity index (χ4v) is 4.23.